The molecule has 1 spiro atoms. The summed E-state index contributed by atoms with van der Waals surface area (Å²) in [4.78, 5) is 18.3. The van der Waals surface area contributed by atoms with Gasteiger partial charge in [0.25, 0.3) is 5.91 Å². The Balaban J connectivity index is 1.62. The fraction of sp³-hybridized carbons (Fsp3) is 0.625. The Morgan fingerprint density at radius 3 is 2.57 bits per heavy atom. The number of hydrogen-bond donors (Lipinski definition) is 1. The highest BCUT2D eigenvalue weighted by Crippen LogP contribution is 2.44. The molecule has 0 unspecified atom stereocenters. The first-order valence-corrected chi connectivity index (χ1v) is 8.05. The number of hydrogen-bond acceptors (Lipinski definition) is 3. The van der Waals surface area contributed by atoms with Crippen LogP contribution in [0.4, 0.5) is 0 Å². The van der Waals surface area contributed by atoms with E-state index in [1.54, 1.807) is 18.3 Å². The summed E-state index contributed by atoms with van der Waals surface area (Å²) in [7, 11) is 0. The molecule has 1 N–H and O–H groups in total. The Labute approximate surface area is 130 Å². The minimum Gasteiger partial charge on any atom is -0.393 e. The number of amides is 1. The number of rotatable bonds is 1. The molecule has 1 saturated carbocycles. The molecule has 21 heavy (non-hydrogen) atoms. The normalized spacial score (nSPS) is 22.5. The van der Waals surface area contributed by atoms with E-state index in [9.17, 15) is 9.90 Å². The number of piperidine rings is 1. The fourth-order valence-electron chi connectivity index (χ4n) is 3.62. The summed E-state index contributed by atoms with van der Waals surface area (Å²) in [6.07, 6.45) is 7.56. The van der Waals surface area contributed by atoms with Crippen LogP contribution in [0.25, 0.3) is 0 Å². The van der Waals surface area contributed by atoms with Gasteiger partial charge in [-0.2, -0.15) is 0 Å². The van der Waals surface area contributed by atoms with Gasteiger partial charge in [-0.1, -0.05) is 11.6 Å². The van der Waals surface area contributed by atoms with Crippen molar-refractivity contribution in [3.63, 3.8) is 0 Å². The van der Waals surface area contributed by atoms with Crippen LogP contribution in [0.15, 0.2) is 18.3 Å². The minimum atomic E-state index is -0.116. The van der Waals surface area contributed by atoms with Crippen molar-refractivity contribution in [2.75, 3.05) is 13.1 Å². The van der Waals surface area contributed by atoms with Gasteiger partial charge in [-0.05, 0) is 56.1 Å². The molecule has 1 aromatic heterocycles. The quantitative estimate of drug-likeness (QED) is 0.812. The molecule has 1 aliphatic heterocycles. The van der Waals surface area contributed by atoms with Gasteiger partial charge in [-0.25, -0.2) is 4.98 Å². The Hall–Kier alpha value is -1.13. The third-order valence-electron chi connectivity index (χ3n) is 5.10. The molecule has 1 aromatic rings. The van der Waals surface area contributed by atoms with Crippen molar-refractivity contribution in [3.05, 3.63) is 29.0 Å². The van der Waals surface area contributed by atoms with Gasteiger partial charge in [0.05, 0.1) is 6.10 Å². The Morgan fingerprint density at radius 2 is 1.95 bits per heavy atom. The molecule has 114 valence electrons. The molecule has 0 bridgehead atoms. The number of carbonyl (C=O) groups is 1. The van der Waals surface area contributed by atoms with E-state index in [0.29, 0.717) is 16.1 Å². The van der Waals surface area contributed by atoms with Gasteiger partial charge in [-0.3, -0.25) is 4.79 Å². The number of likely N-dealkylation sites (tertiary alicyclic amines) is 1. The summed E-state index contributed by atoms with van der Waals surface area (Å²) < 4.78 is 0. The summed E-state index contributed by atoms with van der Waals surface area (Å²) in [5.41, 5.74) is 0.969. The van der Waals surface area contributed by atoms with Crippen molar-refractivity contribution < 1.29 is 9.90 Å². The molecular weight excluding hydrogens is 288 g/mol. The fourth-order valence-corrected chi connectivity index (χ4v) is 3.79. The second-order valence-electron chi connectivity index (χ2n) is 6.39. The van der Waals surface area contributed by atoms with E-state index in [-0.39, 0.29) is 12.0 Å². The molecule has 0 atom stereocenters. The number of aromatic nitrogens is 1. The molecule has 0 radical (unpaired) electrons. The highest BCUT2D eigenvalue weighted by molar-refractivity contribution is 6.29. The van der Waals surface area contributed by atoms with Crippen LogP contribution in [0, 0.1) is 5.41 Å². The van der Waals surface area contributed by atoms with Crippen LogP contribution in [0.5, 0.6) is 0 Å². The highest BCUT2D eigenvalue weighted by Gasteiger charge is 2.38. The van der Waals surface area contributed by atoms with Gasteiger partial charge < -0.3 is 10.0 Å². The topological polar surface area (TPSA) is 53.4 Å². The molecule has 4 nitrogen and oxygen atoms in total. The third-order valence-corrected chi connectivity index (χ3v) is 5.31. The largest absolute Gasteiger partial charge is 0.393 e. The number of carbonyl (C=O) groups excluding carboxylic acids is 1. The maximum absolute atomic E-state index is 12.5. The van der Waals surface area contributed by atoms with Crippen molar-refractivity contribution in [3.8, 4) is 0 Å². The maximum atomic E-state index is 12.5. The predicted molar refractivity (Wildman–Crippen MR) is 81.3 cm³/mol. The van der Waals surface area contributed by atoms with E-state index in [0.717, 1.165) is 51.6 Å². The molecule has 2 heterocycles. The molecule has 5 heteroatoms. The van der Waals surface area contributed by atoms with Gasteiger partial charge in [0.1, 0.15) is 5.15 Å². The second-order valence-corrected chi connectivity index (χ2v) is 6.78. The second kappa shape index (κ2) is 5.93. The highest BCUT2D eigenvalue weighted by atomic mass is 35.5. The van der Waals surface area contributed by atoms with E-state index in [2.05, 4.69) is 4.98 Å². The molecule has 3 rings (SSSR count). The van der Waals surface area contributed by atoms with Crippen LogP contribution in [-0.2, 0) is 0 Å². The lowest BCUT2D eigenvalue weighted by atomic mass is 9.67. The average Bonchev–Trinajstić information content (AvgIpc) is 2.51. The Morgan fingerprint density at radius 1 is 1.29 bits per heavy atom. The zero-order chi connectivity index (χ0) is 14.9. The van der Waals surface area contributed by atoms with Crippen LogP contribution in [0.1, 0.15) is 48.9 Å². The van der Waals surface area contributed by atoms with Crippen molar-refractivity contribution in [2.24, 2.45) is 5.41 Å². The SMILES string of the molecule is O=C(c1ccnc(Cl)c1)N1CCC2(CCC(O)CC2)CC1. The van der Waals surface area contributed by atoms with Crippen LogP contribution < -0.4 is 0 Å². The van der Waals surface area contributed by atoms with Gasteiger partial charge in [0, 0.05) is 24.8 Å². The van der Waals surface area contributed by atoms with Crippen molar-refractivity contribution in [1.82, 2.24) is 9.88 Å². The van der Waals surface area contributed by atoms with Gasteiger partial charge in [0.15, 0.2) is 0 Å². The number of nitrogens with zero attached hydrogens (tertiary/aromatic N) is 2. The standard InChI is InChI=1S/C16H21ClN2O2/c17-14-11-12(3-8-18-14)15(21)19-9-6-16(7-10-19)4-1-13(20)2-5-16/h3,8,11,13,20H,1-2,4-7,9-10H2. The van der Waals surface area contributed by atoms with E-state index >= 15 is 0 Å². The zero-order valence-corrected chi connectivity index (χ0v) is 12.9. The molecule has 1 amide bonds. The lowest BCUT2D eigenvalue weighted by molar-refractivity contribution is 0.0168. The first-order valence-electron chi connectivity index (χ1n) is 7.67. The van der Waals surface area contributed by atoms with Crippen LogP contribution in [0.3, 0.4) is 0 Å². The monoisotopic (exact) mass is 308 g/mol. The van der Waals surface area contributed by atoms with Crippen molar-refractivity contribution in [1.29, 1.82) is 0 Å². The molecule has 1 saturated heterocycles. The summed E-state index contributed by atoms with van der Waals surface area (Å²) in [6, 6.07) is 3.35. The van der Waals surface area contributed by atoms with Gasteiger partial charge in [0.2, 0.25) is 0 Å². The first-order chi connectivity index (χ1) is 10.1. The van der Waals surface area contributed by atoms with Crippen molar-refractivity contribution >= 4 is 17.5 Å². The van der Waals surface area contributed by atoms with Gasteiger partial charge >= 0.3 is 0 Å². The lowest BCUT2D eigenvalue weighted by Crippen LogP contribution is -2.45. The number of aliphatic hydroxyl groups is 1. The predicted octanol–water partition coefficient (Wildman–Crippen LogP) is 2.89. The van der Waals surface area contributed by atoms with Crippen LogP contribution >= 0.6 is 11.6 Å². The lowest BCUT2D eigenvalue weighted by Gasteiger charge is -2.45. The Kier molecular flexibility index (Phi) is 4.18. The zero-order valence-electron chi connectivity index (χ0n) is 12.1. The summed E-state index contributed by atoms with van der Waals surface area (Å²) in [5.74, 6) is 0.0463. The first kappa shape index (κ1) is 14.8. The van der Waals surface area contributed by atoms with E-state index in [1.807, 2.05) is 4.90 Å². The van der Waals surface area contributed by atoms with Gasteiger partial charge in [-0.15, -0.1) is 0 Å². The molecule has 1 aliphatic carbocycles. The number of aliphatic hydroxyl groups excluding tert-OH is 1. The summed E-state index contributed by atoms with van der Waals surface area (Å²) in [5, 5.41) is 10.0. The van der Waals surface area contributed by atoms with E-state index in [4.69, 9.17) is 11.6 Å². The smallest absolute Gasteiger partial charge is 0.254 e. The average molecular weight is 309 g/mol. The third kappa shape index (κ3) is 3.22. The van der Waals surface area contributed by atoms with Crippen molar-refractivity contribution in [2.45, 2.75) is 44.6 Å². The number of pyridine rings is 1. The molecule has 2 fully saturated rings. The minimum absolute atomic E-state index is 0.0463. The van der Waals surface area contributed by atoms with Crippen LogP contribution in [-0.4, -0.2) is 40.1 Å². The summed E-state index contributed by atoms with van der Waals surface area (Å²) >= 11 is 5.85. The van der Waals surface area contributed by atoms with E-state index in [1.165, 1.54) is 0 Å². The summed E-state index contributed by atoms with van der Waals surface area (Å²) in [6.45, 7) is 1.60. The molecule has 0 aromatic carbocycles. The molecule has 2 aliphatic rings. The van der Waals surface area contributed by atoms with Crippen LogP contribution in [0.2, 0.25) is 5.15 Å². The molecular formula is C16H21ClN2O2. The number of halogens is 1. The maximum Gasteiger partial charge on any atom is 0.254 e. The Bertz CT molecular complexity index is 517. The van der Waals surface area contributed by atoms with E-state index < -0.39 is 0 Å².